The Kier molecular flexibility index (Phi) is 4.85. The standard InChI is InChI=1S/C18H19N3O2S/c1-12-7-14(3)16(8-13(12)2)17(22)10-24-18-20-19-11-21(18)9-15-5-4-6-23-15/h4-8,11H,9-10H2,1-3H3. The number of hydrogen-bond acceptors (Lipinski definition) is 5. The first-order valence-corrected chi connectivity index (χ1v) is 8.67. The Morgan fingerprint density at radius 3 is 2.75 bits per heavy atom. The molecule has 0 N–H and O–H groups in total. The van der Waals surface area contributed by atoms with E-state index in [4.69, 9.17) is 4.42 Å². The zero-order valence-corrected chi connectivity index (χ0v) is 14.8. The number of thioether (sulfide) groups is 1. The Morgan fingerprint density at radius 1 is 1.21 bits per heavy atom. The van der Waals surface area contributed by atoms with Crippen molar-refractivity contribution in [3.8, 4) is 0 Å². The number of nitrogens with zero attached hydrogens (tertiary/aromatic N) is 3. The van der Waals surface area contributed by atoms with Crippen molar-refractivity contribution in [1.82, 2.24) is 14.8 Å². The number of aromatic nitrogens is 3. The molecule has 2 heterocycles. The van der Waals surface area contributed by atoms with E-state index in [9.17, 15) is 4.79 Å². The fraction of sp³-hybridized carbons (Fsp3) is 0.278. The molecule has 0 bridgehead atoms. The van der Waals surface area contributed by atoms with Crippen LogP contribution in [0.3, 0.4) is 0 Å². The van der Waals surface area contributed by atoms with Gasteiger partial charge >= 0.3 is 0 Å². The summed E-state index contributed by atoms with van der Waals surface area (Å²) in [4.78, 5) is 12.6. The zero-order valence-electron chi connectivity index (χ0n) is 13.9. The lowest BCUT2D eigenvalue weighted by atomic mass is 9.99. The van der Waals surface area contributed by atoms with Gasteiger partial charge in [-0.05, 0) is 55.7 Å². The van der Waals surface area contributed by atoms with Crippen LogP contribution in [0.1, 0.15) is 32.8 Å². The molecule has 0 amide bonds. The number of carbonyl (C=O) groups is 1. The predicted octanol–water partition coefficient (Wildman–Crippen LogP) is 3.82. The van der Waals surface area contributed by atoms with Crippen LogP contribution >= 0.6 is 11.8 Å². The highest BCUT2D eigenvalue weighted by Crippen LogP contribution is 2.21. The van der Waals surface area contributed by atoms with E-state index in [1.165, 1.54) is 17.3 Å². The van der Waals surface area contributed by atoms with Crippen LogP contribution in [0.5, 0.6) is 0 Å². The Labute approximate surface area is 145 Å². The van der Waals surface area contributed by atoms with Crippen LogP contribution in [0.15, 0.2) is 46.4 Å². The summed E-state index contributed by atoms with van der Waals surface area (Å²) in [5, 5.41) is 8.74. The molecule has 124 valence electrons. The van der Waals surface area contributed by atoms with Crippen LogP contribution in [0, 0.1) is 20.8 Å². The van der Waals surface area contributed by atoms with Gasteiger partial charge in [0.25, 0.3) is 0 Å². The van der Waals surface area contributed by atoms with Crippen molar-refractivity contribution >= 4 is 17.5 Å². The number of aryl methyl sites for hydroxylation is 3. The summed E-state index contributed by atoms with van der Waals surface area (Å²) in [6, 6.07) is 7.78. The number of carbonyl (C=O) groups excluding carboxylic acids is 1. The highest BCUT2D eigenvalue weighted by molar-refractivity contribution is 7.99. The van der Waals surface area contributed by atoms with Gasteiger partial charge in [-0.15, -0.1) is 10.2 Å². The predicted molar refractivity (Wildman–Crippen MR) is 93.5 cm³/mol. The molecule has 0 saturated carbocycles. The number of hydrogen-bond donors (Lipinski definition) is 0. The summed E-state index contributed by atoms with van der Waals surface area (Å²) < 4.78 is 7.22. The molecule has 3 rings (SSSR count). The zero-order chi connectivity index (χ0) is 17.1. The first-order valence-electron chi connectivity index (χ1n) is 7.68. The molecule has 24 heavy (non-hydrogen) atoms. The van der Waals surface area contributed by atoms with Crippen LogP contribution in [0.25, 0.3) is 0 Å². The third kappa shape index (κ3) is 3.59. The van der Waals surface area contributed by atoms with E-state index < -0.39 is 0 Å². The Bertz CT molecular complexity index is 853. The Morgan fingerprint density at radius 2 is 2.00 bits per heavy atom. The van der Waals surface area contributed by atoms with Gasteiger partial charge in [0.1, 0.15) is 12.1 Å². The van der Waals surface area contributed by atoms with Crippen LogP contribution in [0.4, 0.5) is 0 Å². The van der Waals surface area contributed by atoms with E-state index in [1.807, 2.05) is 36.6 Å². The Hall–Kier alpha value is -2.34. The largest absolute Gasteiger partial charge is 0.467 e. The summed E-state index contributed by atoms with van der Waals surface area (Å²) in [5.74, 6) is 1.27. The fourth-order valence-corrected chi connectivity index (χ4v) is 3.30. The van der Waals surface area contributed by atoms with Crippen molar-refractivity contribution in [2.24, 2.45) is 0 Å². The smallest absolute Gasteiger partial charge is 0.191 e. The summed E-state index contributed by atoms with van der Waals surface area (Å²) in [6.07, 6.45) is 3.29. The lowest BCUT2D eigenvalue weighted by Crippen LogP contribution is -2.07. The Balaban J connectivity index is 1.69. The molecule has 3 aromatic rings. The van der Waals surface area contributed by atoms with E-state index in [1.54, 1.807) is 12.6 Å². The maximum absolute atomic E-state index is 12.6. The quantitative estimate of drug-likeness (QED) is 0.504. The molecule has 0 saturated heterocycles. The summed E-state index contributed by atoms with van der Waals surface area (Å²) in [7, 11) is 0. The molecule has 0 spiro atoms. The van der Waals surface area contributed by atoms with Gasteiger partial charge in [0, 0.05) is 5.56 Å². The van der Waals surface area contributed by atoms with E-state index in [0.29, 0.717) is 17.5 Å². The molecule has 1 aromatic carbocycles. The molecule has 0 unspecified atom stereocenters. The second-order valence-corrected chi connectivity index (χ2v) is 6.73. The molecule has 0 aliphatic carbocycles. The van der Waals surface area contributed by atoms with Crippen LogP contribution in [0.2, 0.25) is 0 Å². The average Bonchev–Trinajstić information content (AvgIpc) is 3.21. The van der Waals surface area contributed by atoms with Crippen molar-refractivity contribution in [3.05, 3.63) is 64.9 Å². The van der Waals surface area contributed by atoms with Gasteiger partial charge < -0.3 is 8.98 Å². The second kappa shape index (κ2) is 7.05. The topological polar surface area (TPSA) is 60.9 Å². The van der Waals surface area contributed by atoms with Crippen LogP contribution in [-0.4, -0.2) is 26.3 Å². The SMILES string of the molecule is Cc1cc(C)c(C(=O)CSc2nncn2Cc2ccco2)cc1C. The normalized spacial score (nSPS) is 11.0. The first-order chi connectivity index (χ1) is 11.5. The molecule has 2 aromatic heterocycles. The highest BCUT2D eigenvalue weighted by Gasteiger charge is 2.14. The maximum Gasteiger partial charge on any atom is 0.191 e. The van der Waals surface area contributed by atoms with Crippen LogP contribution < -0.4 is 0 Å². The first kappa shape index (κ1) is 16.5. The molecular weight excluding hydrogens is 322 g/mol. The number of Topliss-reactive ketones (excluding diaryl/α,β-unsaturated/α-hetero) is 1. The second-order valence-electron chi connectivity index (χ2n) is 5.78. The molecule has 0 atom stereocenters. The summed E-state index contributed by atoms with van der Waals surface area (Å²) in [5.41, 5.74) is 4.13. The molecule has 0 aliphatic rings. The van der Waals surface area contributed by atoms with Crippen molar-refractivity contribution in [2.45, 2.75) is 32.5 Å². The number of furan rings is 1. The third-order valence-corrected chi connectivity index (χ3v) is 4.94. The molecule has 6 heteroatoms. The minimum atomic E-state index is 0.105. The molecule has 0 aliphatic heterocycles. The van der Waals surface area contributed by atoms with Crippen molar-refractivity contribution in [1.29, 1.82) is 0 Å². The van der Waals surface area contributed by atoms with Gasteiger partial charge in [0.05, 0.1) is 18.6 Å². The minimum Gasteiger partial charge on any atom is -0.467 e. The highest BCUT2D eigenvalue weighted by atomic mass is 32.2. The van der Waals surface area contributed by atoms with Gasteiger partial charge in [-0.2, -0.15) is 0 Å². The van der Waals surface area contributed by atoms with Gasteiger partial charge in [0.2, 0.25) is 0 Å². The molecular formula is C18H19N3O2S. The molecule has 0 fully saturated rings. The van der Waals surface area contributed by atoms with E-state index in [-0.39, 0.29) is 5.78 Å². The van der Waals surface area contributed by atoms with Crippen molar-refractivity contribution in [2.75, 3.05) is 5.75 Å². The molecule has 0 radical (unpaired) electrons. The summed E-state index contributed by atoms with van der Waals surface area (Å²) in [6.45, 7) is 6.62. The van der Waals surface area contributed by atoms with Gasteiger partial charge in [0.15, 0.2) is 10.9 Å². The third-order valence-electron chi connectivity index (χ3n) is 3.96. The van der Waals surface area contributed by atoms with Gasteiger partial charge in [-0.1, -0.05) is 17.8 Å². The van der Waals surface area contributed by atoms with E-state index >= 15 is 0 Å². The lowest BCUT2D eigenvalue weighted by molar-refractivity contribution is 0.102. The van der Waals surface area contributed by atoms with Gasteiger partial charge in [-0.25, -0.2) is 0 Å². The number of rotatable bonds is 6. The minimum absolute atomic E-state index is 0.105. The van der Waals surface area contributed by atoms with Crippen molar-refractivity contribution in [3.63, 3.8) is 0 Å². The lowest BCUT2D eigenvalue weighted by Gasteiger charge is -2.09. The van der Waals surface area contributed by atoms with Gasteiger partial charge in [-0.3, -0.25) is 4.79 Å². The summed E-state index contributed by atoms with van der Waals surface area (Å²) >= 11 is 1.40. The fourth-order valence-electron chi connectivity index (χ4n) is 2.50. The number of ketones is 1. The number of benzene rings is 1. The van der Waals surface area contributed by atoms with E-state index in [0.717, 1.165) is 22.5 Å². The maximum atomic E-state index is 12.6. The average molecular weight is 341 g/mol. The monoisotopic (exact) mass is 341 g/mol. The van der Waals surface area contributed by atoms with E-state index in [2.05, 4.69) is 23.2 Å². The van der Waals surface area contributed by atoms with Crippen LogP contribution in [-0.2, 0) is 6.54 Å². The van der Waals surface area contributed by atoms with Crippen molar-refractivity contribution < 1.29 is 9.21 Å². The molecule has 5 nitrogen and oxygen atoms in total.